The van der Waals surface area contributed by atoms with E-state index in [4.69, 9.17) is 5.26 Å². The van der Waals surface area contributed by atoms with Gasteiger partial charge < -0.3 is 9.88 Å². The van der Waals surface area contributed by atoms with Crippen LogP contribution in [0.2, 0.25) is 0 Å². The summed E-state index contributed by atoms with van der Waals surface area (Å²) in [5.41, 5.74) is 2.93. The molecule has 1 saturated heterocycles. The van der Waals surface area contributed by atoms with Crippen LogP contribution in [-0.2, 0) is 4.79 Å². The number of hydrogen-bond acceptors (Lipinski definition) is 4. The van der Waals surface area contributed by atoms with Crippen LogP contribution in [0.3, 0.4) is 0 Å². The van der Waals surface area contributed by atoms with Crippen molar-refractivity contribution in [3.8, 4) is 6.07 Å². The number of nitrogens with one attached hydrogen (secondary N) is 1. The number of H-pyrrole nitrogens is 1. The van der Waals surface area contributed by atoms with Crippen LogP contribution in [0.15, 0.2) is 30.7 Å². The number of likely N-dealkylation sites (tertiary alicyclic amines) is 1. The van der Waals surface area contributed by atoms with Crippen molar-refractivity contribution in [1.82, 2.24) is 19.9 Å². The minimum absolute atomic E-state index is 0.0519. The van der Waals surface area contributed by atoms with Crippen molar-refractivity contribution in [3.05, 3.63) is 36.3 Å². The molecule has 2 atom stereocenters. The summed E-state index contributed by atoms with van der Waals surface area (Å²) in [4.78, 5) is 25.8. The van der Waals surface area contributed by atoms with Gasteiger partial charge in [0.05, 0.1) is 17.8 Å². The van der Waals surface area contributed by atoms with Crippen LogP contribution in [0.5, 0.6) is 0 Å². The molecule has 3 aromatic heterocycles. The number of aromatic amines is 1. The van der Waals surface area contributed by atoms with Crippen molar-refractivity contribution in [2.75, 3.05) is 13.1 Å². The normalized spacial score (nSPS) is 20.6. The molecule has 120 valence electrons. The largest absolute Gasteiger partial charge is 0.360 e. The Morgan fingerprint density at radius 3 is 3.12 bits per heavy atom. The van der Waals surface area contributed by atoms with Crippen molar-refractivity contribution < 1.29 is 4.79 Å². The Morgan fingerprint density at radius 2 is 2.29 bits per heavy atom. The van der Waals surface area contributed by atoms with E-state index in [0.29, 0.717) is 19.0 Å². The van der Waals surface area contributed by atoms with Crippen molar-refractivity contribution in [1.29, 1.82) is 5.26 Å². The molecule has 0 saturated carbocycles. The quantitative estimate of drug-likeness (QED) is 0.786. The van der Waals surface area contributed by atoms with E-state index in [-0.39, 0.29) is 18.2 Å². The minimum Gasteiger partial charge on any atom is -0.360 e. The molecule has 4 heterocycles. The molecule has 1 aliphatic rings. The second-order valence-corrected chi connectivity index (χ2v) is 6.38. The van der Waals surface area contributed by atoms with Gasteiger partial charge in [-0.05, 0) is 23.6 Å². The number of carbonyl (C=O) groups is 1. The Bertz CT molecular complexity index is 970. The van der Waals surface area contributed by atoms with E-state index in [0.717, 1.165) is 21.9 Å². The maximum atomic E-state index is 12.1. The summed E-state index contributed by atoms with van der Waals surface area (Å²) in [7, 11) is 0. The van der Waals surface area contributed by atoms with Gasteiger partial charge in [-0.25, -0.2) is 9.97 Å². The van der Waals surface area contributed by atoms with Gasteiger partial charge in [0.2, 0.25) is 5.91 Å². The number of pyridine rings is 2. The van der Waals surface area contributed by atoms with Crippen LogP contribution in [0.1, 0.15) is 24.8 Å². The monoisotopic (exact) mass is 319 g/mol. The second-order valence-electron chi connectivity index (χ2n) is 6.38. The van der Waals surface area contributed by atoms with Gasteiger partial charge in [0, 0.05) is 42.2 Å². The van der Waals surface area contributed by atoms with Gasteiger partial charge in [-0.1, -0.05) is 6.92 Å². The molecule has 0 spiro atoms. The summed E-state index contributed by atoms with van der Waals surface area (Å²) >= 11 is 0. The van der Waals surface area contributed by atoms with Crippen molar-refractivity contribution in [3.63, 3.8) is 0 Å². The van der Waals surface area contributed by atoms with Gasteiger partial charge in [0.15, 0.2) is 5.65 Å². The lowest BCUT2D eigenvalue weighted by Gasteiger charge is -2.18. The highest BCUT2D eigenvalue weighted by Crippen LogP contribution is 2.37. The van der Waals surface area contributed by atoms with E-state index in [2.05, 4.69) is 27.9 Å². The van der Waals surface area contributed by atoms with Crippen molar-refractivity contribution in [2.24, 2.45) is 5.92 Å². The Morgan fingerprint density at radius 1 is 1.42 bits per heavy atom. The van der Waals surface area contributed by atoms with E-state index >= 15 is 0 Å². The number of carbonyl (C=O) groups excluding carboxylic acids is 1. The van der Waals surface area contributed by atoms with Gasteiger partial charge in [-0.3, -0.25) is 4.79 Å². The SMILES string of the molecule is CC1CN(C(=O)CC#N)CC1c1cc[nH]c2cnc3nccc3c12. The summed E-state index contributed by atoms with van der Waals surface area (Å²) < 4.78 is 0. The predicted molar refractivity (Wildman–Crippen MR) is 90.1 cm³/mol. The molecule has 6 heteroatoms. The van der Waals surface area contributed by atoms with Gasteiger partial charge in [-0.2, -0.15) is 5.26 Å². The lowest BCUT2D eigenvalue weighted by Crippen LogP contribution is -2.28. The number of hydrogen-bond donors (Lipinski definition) is 1. The topological polar surface area (TPSA) is 85.7 Å². The molecule has 4 rings (SSSR count). The average Bonchev–Trinajstić information content (AvgIpc) is 3.20. The molecule has 24 heavy (non-hydrogen) atoms. The molecule has 2 unspecified atom stereocenters. The summed E-state index contributed by atoms with van der Waals surface area (Å²) in [6, 6.07) is 6.03. The minimum atomic E-state index is -0.0829. The number of rotatable bonds is 2. The van der Waals surface area contributed by atoms with Gasteiger partial charge in [0.1, 0.15) is 6.42 Å². The zero-order chi connectivity index (χ0) is 16.7. The van der Waals surface area contributed by atoms with Crippen LogP contribution >= 0.6 is 0 Å². The molecule has 3 aromatic rings. The number of nitriles is 1. The molecule has 1 N–H and O–H groups in total. The molecule has 6 nitrogen and oxygen atoms in total. The van der Waals surface area contributed by atoms with E-state index in [1.807, 2.05) is 29.4 Å². The third-order valence-corrected chi connectivity index (χ3v) is 4.92. The first kappa shape index (κ1) is 14.6. The molecular weight excluding hydrogens is 302 g/mol. The fourth-order valence-corrected chi connectivity index (χ4v) is 3.75. The van der Waals surface area contributed by atoms with E-state index in [1.165, 1.54) is 5.56 Å². The molecule has 0 aliphatic carbocycles. The fourth-order valence-electron chi connectivity index (χ4n) is 3.75. The van der Waals surface area contributed by atoms with Crippen LogP contribution < -0.4 is 0 Å². The highest BCUT2D eigenvalue weighted by molar-refractivity contribution is 6.05. The molecule has 0 aromatic carbocycles. The van der Waals surface area contributed by atoms with E-state index < -0.39 is 0 Å². The van der Waals surface area contributed by atoms with Gasteiger partial charge in [-0.15, -0.1) is 0 Å². The van der Waals surface area contributed by atoms with Gasteiger partial charge >= 0.3 is 0 Å². The number of amides is 1. The van der Waals surface area contributed by atoms with Crippen LogP contribution in [0.25, 0.3) is 21.9 Å². The van der Waals surface area contributed by atoms with Gasteiger partial charge in [0.25, 0.3) is 0 Å². The summed E-state index contributed by atoms with van der Waals surface area (Å²) in [6.07, 6.45) is 5.46. The first-order valence-corrected chi connectivity index (χ1v) is 8.04. The highest BCUT2D eigenvalue weighted by Gasteiger charge is 2.34. The average molecular weight is 319 g/mol. The predicted octanol–water partition coefficient (Wildman–Crippen LogP) is 2.59. The Hall–Kier alpha value is -2.94. The molecule has 0 bridgehead atoms. The first-order valence-electron chi connectivity index (χ1n) is 8.04. The van der Waals surface area contributed by atoms with Crippen LogP contribution in [-0.4, -0.2) is 38.8 Å². The fraction of sp³-hybridized carbons (Fsp3) is 0.333. The molecule has 1 fully saturated rings. The molecular formula is C18H17N5O. The molecule has 1 aliphatic heterocycles. The zero-order valence-corrected chi connectivity index (χ0v) is 13.4. The Labute approximate surface area is 139 Å². The van der Waals surface area contributed by atoms with Crippen molar-refractivity contribution in [2.45, 2.75) is 19.3 Å². The first-order chi connectivity index (χ1) is 11.7. The third-order valence-electron chi connectivity index (χ3n) is 4.92. The van der Waals surface area contributed by atoms with Crippen molar-refractivity contribution >= 4 is 27.8 Å². The number of aromatic nitrogens is 3. The second kappa shape index (κ2) is 5.60. The van der Waals surface area contributed by atoms with Crippen LogP contribution in [0.4, 0.5) is 0 Å². The smallest absolute Gasteiger partial charge is 0.236 e. The summed E-state index contributed by atoms with van der Waals surface area (Å²) in [6.45, 7) is 3.51. The van der Waals surface area contributed by atoms with Crippen LogP contribution in [0, 0.1) is 17.2 Å². The van der Waals surface area contributed by atoms with E-state index in [1.54, 1.807) is 6.20 Å². The maximum absolute atomic E-state index is 12.1. The summed E-state index contributed by atoms with van der Waals surface area (Å²) in [5, 5.41) is 10.9. The molecule has 0 radical (unpaired) electrons. The van der Waals surface area contributed by atoms with E-state index in [9.17, 15) is 4.79 Å². The molecule has 1 amide bonds. The summed E-state index contributed by atoms with van der Waals surface area (Å²) in [5.74, 6) is 0.495. The Balaban J connectivity index is 1.81. The third kappa shape index (κ3) is 2.21. The lowest BCUT2D eigenvalue weighted by atomic mass is 9.88. The highest BCUT2D eigenvalue weighted by atomic mass is 16.2. The standard InChI is InChI=1S/C18H17N5O/c1-11-9-23(16(24)2-5-19)10-14(11)12-3-6-20-15-8-22-18-13(17(12)15)4-7-21-18/h3-4,6-8,11,14,20H,2,9-10H2,1H3. The maximum Gasteiger partial charge on any atom is 0.236 e. The lowest BCUT2D eigenvalue weighted by molar-refractivity contribution is -0.129. The zero-order valence-electron chi connectivity index (χ0n) is 13.4. The number of nitrogens with zero attached hydrogens (tertiary/aromatic N) is 4. The Kier molecular flexibility index (Phi) is 3.42. The number of fused-ring (bicyclic) bond motifs is 3.